The maximum atomic E-state index is 12.5. The summed E-state index contributed by atoms with van der Waals surface area (Å²) in [6, 6.07) is 43.2. The van der Waals surface area contributed by atoms with E-state index in [-0.39, 0.29) is 5.97 Å². The predicted octanol–water partition coefficient (Wildman–Crippen LogP) is 12.5. The third-order valence-electron chi connectivity index (χ3n) is 12.3. The van der Waals surface area contributed by atoms with Gasteiger partial charge in [-0.3, -0.25) is 19.3 Å². The van der Waals surface area contributed by atoms with Gasteiger partial charge < -0.3 is 19.9 Å². The molecule has 0 amide bonds. The summed E-state index contributed by atoms with van der Waals surface area (Å²) >= 11 is 9.81. The molecule has 6 heterocycles. The molecule has 0 saturated carbocycles. The van der Waals surface area contributed by atoms with Gasteiger partial charge >= 0.3 is 5.97 Å². The van der Waals surface area contributed by atoms with Crippen molar-refractivity contribution in [2.45, 2.75) is 58.0 Å². The van der Waals surface area contributed by atoms with Gasteiger partial charge in [-0.2, -0.15) is 0 Å². The van der Waals surface area contributed by atoms with E-state index >= 15 is 0 Å². The largest absolute Gasteiger partial charge is 0.465 e. The molecule has 69 heavy (non-hydrogen) atoms. The Labute approximate surface area is 420 Å². The number of esters is 1. The van der Waals surface area contributed by atoms with Crippen LogP contribution < -0.4 is 5.32 Å². The maximum Gasteiger partial charge on any atom is 0.316 e. The van der Waals surface area contributed by atoms with Crippen molar-refractivity contribution in [2.75, 3.05) is 45.7 Å². The molecule has 10 rings (SSSR count). The van der Waals surface area contributed by atoms with Gasteiger partial charge in [0.2, 0.25) is 0 Å². The van der Waals surface area contributed by atoms with E-state index in [1.54, 1.807) is 12.5 Å². The number of aromatic nitrogens is 3. The predicted molar refractivity (Wildman–Crippen MR) is 289 cm³/mol. The highest BCUT2D eigenvalue weighted by molar-refractivity contribution is 7.13. The number of thiophene rings is 2. The standard InChI is InChI=1S/C16H11ClN4.C16H23NO2.C15H19NS2.C9H8N2/c17-12-6-7-14-13(8-12)16(11-4-2-1-3-5-11)18-9-15-20-19-10-21(14)15;1-3-19-15(18)16(14-8-5-4-6-9-14)10-7-12-17(2)13-11-16;1-4-16(3)12(2)11-13(14-7-5-9-17-14)15-8-6-10-18-15;1-2-4-9-8(3-1)7-10-5-6-11-9/h1-8,10H,9H2;4-6,8-9H,3,7,10-13H2,1-2H3;5-12H,4H2,1-3H3;1-7,11H. The number of halogens is 1. The van der Waals surface area contributed by atoms with Gasteiger partial charge in [0.25, 0.3) is 0 Å². The number of carbonyl (C=O) groups is 1. The number of anilines is 1. The van der Waals surface area contributed by atoms with Gasteiger partial charge in [-0.1, -0.05) is 116 Å². The SMILES string of the molecule is C1=CNc2ccccc2C=N1.CCN(C)C(C)C=C(c1cccs1)c1cccs1.CCOC(=O)C1(c2ccccc2)CCCN(C)CC1.Clc1ccc2c(c1)C(c1ccccc1)=NCc1nncn1-2. The second kappa shape index (κ2) is 25.4. The quantitative estimate of drug-likeness (QED) is 0.144. The van der Waals surface area contributed by atoms with Crippen molar-refractivity contribution in [2.24, 2.45) is 9.98 Å². The molecule has 2 unspecified atom stereocenters. The van der Waals surface area contributed by atoms with Crippen molar-refractivity contribution in [1.29, 1.82) is 0 Å². The number of likely N-dealkylation sites (N-methyl/N-ethyl adjacent to an activating group) is 1. The molecule has 3 aromatic heterocycles. The van der Waals surface area contributed by atoms with Gasteiger partial charge in [0.15, 0.2) is 5.82 Å². The highest BCUT2D eigenvalue weighted by Gasteiger charge is 2.42. The molecular formula is C56H61ClN8O2S2. The zero-order chi connectivity index (χ0) is 48.4. The Balaban J connectivity index is 0.000000139. The molecule has 0 spiro atoms. The first kappa shape index (κ1) is 50.6. The lowest BCUT2D eigenvalue weighted by Crippen LogP contribution is -2.38. The minimum Gasteiger partial charge on any atom is -0.465 e. The number of nitrogens with one attached hydrogen (secondary N) is 1. The zero-order valence-electron chi connectivity index (χ0n) is 40.0. The van der Waals surface area contributed by atoms with Crippen LogP contribution >= 0.6 is 34.3 Å². The number of likely N-dealkylation sites (tertiary alicyclic amines) is 1. The molecule has 0 bridgehead atoms. The summed E-state index contributed by atoms with van der Waals surface area (Å²) in [6.45, 7) is 10.3. The van der Waals surface area contributed by atoms with Crippen molar-refractivity contribution in [3.63, 3.8) is 0 Å². The van der Waals surface area contributed by atoms with Crippen LogP contribution in [0.15, 0.2) is 173 Å². The summed E-state index contributed by atoms with van der Waals surface area (Å²) < 4.78 is 7.34. The molecule has 3 aliphatic heterocycles. The average Bonchev–Trinajstić information content (AvgIpc) is 4.14. The molecule has 7 aromatic rings. The number of nitrogens with zero attached hydrogens (tertiary/aromatic N) is 7. The highest BCUT2D eigenvalue weighted by Crippen LogP contribution is 2.37. The smallest absolute Gasteiger partial charge is 0.316 e. The second-order valence-electron chi connectivity index (χ2n) is 16.8. The topological polar surface area (TPSA) is 100 Å². The molecule has 4 aromatic carbocycles. The zero-order valence-corrected chi connectivity index (χ0v) is 42.4. The molecule has 0 aliphatic carbocycles. The lowest BCUT2D eigenvalue weighted by Gasteiger charge is -2.30. The van der Waals surface area contributed by atoms with E-state index in [9.17, 15) is 4.79 Å². The van der Waals surface area contributed by atoms with E-state index in [1.165, 1.54) is 15.3 Å². The van der Waals surface area contributed by atoms with Crippen LogP contribution in [-0.2, 0) is 21.5 Å². The number of rotatable bonds is 9. The summed E-state index contributed by atoms with van der Waals surface area (Å²) in [6.07, 6.45) is 12.2. The summed E-state index contributed by atoms with van der Waals surface area (Å²) in [5, 5.41) is 16.2. The van der Waals surface area contributed by atoms with Gasteiger partial charge in [-0.05, 0) is 120 Å². The van der Waals surface area contributed by atoms with E-state index < -0.39 is 5.41 Å². The van der Waals surface area contributed by atoms with E-state index in [0.29, 0.717) is 24.2 Å². The normalized spacial score (nSPS) is 16.2. The Morgan fingerprint density at radius 3 is 2.30 bits per heavy atom. The molecule has 2 atom stereocenters. The lowest BCUT2D eigenvalue weighted by molar-refractivity contribution is -0.150. The fourth-order valence-corrected chi connectivity index (χ4v) is 10.1. The molecule has 3 aliphatic rings. The first-order chi connectivity index (χ1) is 33.7. The van der Waals surface area contributed by atoms with Crippen LogP contribution in [0.5, 0.6) is 0 Å². The van der Waals surface area contributed by atoms with Crippen molar-refractivity contribution in [1.82, 2.24) is 24.6 Å². The third kappa shape index (κ3) is 13.3. The van der Waals surface area contributed by atoms with Crippen LogP contribution in [0.2, 0.25) is 5.02 Å². The molecule has 1 fully saturated rings. The minimum absolute atomic E-state index is 0.0588. The summed E-state index contributed by atoms with van der Waals surface area (Å²) in [5.74, 6) is 0.765. The van der Waals surface area contributed by atoms with Gasteiger partial charge in [-0.25, -0.2) is 0 Å². The van der Waals surface area contributed by atoms with E-state index in [1.807, 2.05) is 125 Å². The Hall–Kier alpha value is -6.28. The number of hydrogen-bond acceptors (Lipinski definition) is 11. The van der Waals surface area contributed by atoms with Crippen molar-refractivity contribution >= 4 is 63.4 Å². The van der Waals surface area contributed by atoms with Crippen molar-refractivity contribution in [3.8, 4) is 5.69 Å². The Morgan fingerprint density at radius 2 is 1.61 bits per heavy atom. The minimum atomic E-state index is -0.456. The maximum absolute atomic E-state index is 12.5. The monoisotopic (exact) mass is 976 g/mol. The molecule has 1 N–H and O–H groups in total. The number of ether oxygens (including phenoxy) is 1. The highest BCUT2D eigenvalue weighted by atomic mass is 35.5. The molecule has 0 radical (unpaired) electrons. The Morgan fingerprint density at radius 1 is 0.899 bits per heavy atom. The first-order valence-corrected chi connectivity index (χ1v) is 25.6. The van der Waals surface area contributed by atoms with Crippen LogP contribution in [0.3, 0.4) is 0 Å². The van der Waals surface area contributed by atoms with Crippen LogP contribution in [0.1, 0.15) is 77.9 Å². The van der Waals surface area contributed by atoms with Gasteiger partial charge in [0, 0.05) is 67.4 Å². The summed E-state index contributed by atoms with van der Waals surface area (Å²) in [4.78, 5) is 28.7. The van der Waals surface area contributed by atoms with Crippen LogP contribution in [0.25, 0.3) is 11.3 Å². The number of carbonyl (C=O) groups excluding carboxylic acids is 1. The van der Waals surface area contributed by atoms with Crippen molar-refractivity contribution < 1.29 is 9.53 Å². The Bertz CT molecular complexity index is 2770. The number of benzene rings is 4. The fraction of sp³-hybridized carbons (Fsp3) is 0.268. The van der Waals surface area contributed by atoms with Gasteiger partial charge in [-0.15, -0.1) is 32.9 Å². The van der Waals surface area contributed by atoms with Gasteiger partial charge in [0.05, 0.1) is 23.4 Å². The molecule has 356 valence electrons. The molecule has 1 saturated heterocycles. The van der Waals surface area contributed by atoms with E-state index in [0.717, 1.165) is 84.1 Å². The molecule has 10 nitrogen and oxygen atoms in total. The van der Waals surface area contributed by atoms with Crippen LogP contribution in [0.4, 0.5) is 5.69 Å². The third-order valence-corrected chi connectivity index (χ3v) is 14.4. The van der Waals surface area contributed by atoms with Crippen molar-refractivity contribution in [3.05, 3.63) is 206 Å². The van der Waals surface area contributed by atoms with Gasteiger partial charge in [0.1, 0.15) is 12.9 Å². The fourth-order valence-electron chi connectivity index (χ4n) is 8.30. The molecular weight excluding hydrogens is 916 g/mol. The van der Waals surface area contributed by atoms with Crippen LogP contribution in [-0.4, -0.2) is 88.8 Å². The van der Waals surface area contributed by atoms with Crippen LogP contribution in [0, 0.1) is 0 Å². The first-order valence-electron chi connectivity index (χ1n) is 23.4. The number of hydrogen-bond donors (Lipinski definition) is 1. The Kier molecular flexibility index (Phi) is 18.6. The average molecular weight is 978 g/mol. The van der Waals surface area contributed by atoms with E-state index in [4.69, 9.17) is 21.3 Å². The number of fused-ring (bicyclic) bond motifs is 4. The lowest BCUT2D eigenvalue weighted by atomic mass is 9.74. The summed E-state index contributed by atoms with van der Waals surface area (Å²) in [7, 11) is 4.29. The molecule has 13 heteroatoms. The summed E-state index contributed by atoms with van der Waals surface area (Å²) in [5.41, 5.74) is 8.23. The number of aliphatic imine (C=N–C) groups is 2. The second-order valence-corrected chi connectivity index (χ2v) is 19.1. The number of para-hydroxylation sites is 1. The van der Waals surface area contributed by atoms with E-state index in [2.05, 4.69) is 124 Å².